The molecule has 1 atom stereocenters. The Morgan fingerprint density at radius 1 is 1.19 bits per heavy atom. The number of nitrogens with one attached hydrogen (secondary N) is 1. The molecule has 3 nitrogen and oxygen atoms in total. The number of hydrogen-bond donors (Lipinski definition) is 1. The molecule has 0 radical (unpaired) electrons. The van der Waals surface area contributed by atoms with E-state index in [0.717, 1.165) is 31.9 Å². The van der Waals surface area contributed by atoms with Crippen molar-refractivity contribution in [3.63, 3.8) is 0 Å². The Kier molecular flexibility index (Phi) is 9.20. The minimum atomic E-state index is -4.11. The zero-order valence-corrected chi connectivity index (χ0v) is 13.1. The summed E-state index contributed by atoms with van der Waals surface area (Å²) >= 11 is 0. The topological polar surface area (TPSA) is 28.2 Å². The summed E-state index contributed by atoms with van der Waals surface area (Å²) in [6.45, 7) is 3.16. The van der Waals surface area contributed by atoms with E-state index in [9.17, 15) is 13.2 Å². The van der Waals surface area contributed by atoms with Gasteiger partial charge in [-0.15, -0.1) is 24.8 Å². The second kappa shape index (κ2) is 9.46. The Bertz CT molecular complexity index is 384. The van der Waals surface area contributed by atoms with Gasteiger partial charge in [0.15, 0.2) is 0 Å². The van der Waals surface area contributed by atoms with Crippen LogP contribution in [0.3, 0.4) is 0 Å². The van der Waals surface area contributed by atoms with E-state index in [1.54, 1.807) is 12.3 Å². The average Bonchev–Trinajstić information content (AvgIpc) is 2.40. The molecule has 1 N–H and O–H groups in total. The van der Waals surface area contributed by atoms with Crippen LogP contribution >= 0.6 is 24.8 Å². The highest BCUT2D eigenvalue weighted by Gasteiger charge is 2.31. The monoisotopic (exact) mass is 345 g/mol. The van der Waals surface area contributed by atoms with Crippen LogP contribution in [0.1, 0.15) is 24.6 Å². The first-order chi connectivity index (χ1) is 9.06. The maximum absolute atomic E-state index is 12.4. The highest BCUT2D eigenvalue weighted by Crippen LogP contribution is 2.30. The number of hydrogen-bond acceptors (Lipinski definition) is 3. The first kappa shape index (κ1) is 20.4. The Balaban J connectivity index is 0.00000200. The van der Waals surface area contributed by atoms with Crippen LogP contribution in [0.15, 0.2) is 24.4 Å². The average molecular weight is 346 g/mol. The molecule has 0 amide bonds. The van der Waals surface area contributed by atoms with Crippen molar-refractivity contribution in [1.82, 2.24) is 15.2 Å². The number of aromatic nitrogens is 1. The van der Waals surface area contributed by atoms with Crippen LogP contribution < -0.4 is 5.32 Å². The molecule has 1 aromatic heterocycles. The van der Waals surface area contributed by atoms with E-state index in [1.165, 1.54) is 0 Å². The summed E-state index contributed by atoms with van der Waals surface area (Å²) in [7, 11) is 0. The standard InChI is InChI=1S/C13H18F3N3.2ClH/c14-13(15,16)5-4-12(11-3-1-2-6-18-11)19-9-7-17-8-10-19;;/h1-3,6,12,17H,4-5,7-10H2;2*1H/t12-;;/m1../s1. The van der Waals surface area contributed by atoms with Crippen molar-refractivity contribution in [2.75, 3.05) is 26.2 Å². The van der Waals surface area contributed by atoms with Gasteiger partial charge in [0.05, 0.1) is 11.7 Å². The number of alkyl halides is 3. The van der Waals surface area contributed by atoms with Gasteiger partial charge in [-0.3, -0.25) is 9.88 Å². The fourth-order valence-corrected chi connectivity index (χ4v) is 2.38. The minimum Gasteiger partial charge on any atom is -0.314 e. The number of halogens is 5. The maximum Gasteiger partial charge on any atom is 0.389 e. The maximum atomic E-state index is 12.4. The van der Waals surface area contributed by atoms with Crippen molar-refractivity contribution in [2.24, 2.45) is 0 Å². The fraction of sp³-hybridized carbons (Fsp3) is 0.615. The molecule has 1 fully saturated rings. The minimum absolute atomic E-state index is 0. The summed E-state index contributed by atoms with van der Waals surface area (Å²) in [5, 5.41) is 3.21. The van der Waals surface area contributed by atoms with Crippen molar-refractivity contribution < 1.29 is 13.2 Å². The predicted molar refractivity (Wildman–Crippen MR) is 81.2 cm³/mol. The molecule has 1 aliphatic rings. The molecule has 0 bridgehead atoms. The van der Waals surface area contributed by atoms with Crippen LogP contribution in [-0.4, -0.2) is 42.2 Å². The molecular weight excluding hydrogens is 326 g/mol. The van der Waals surface area contributed by atoms with E-state index in [2.05, 4.69) is 15.2 Å². The zero-order valence-electron chi connectivity index (χ0n) is 11.5. The second-order valence-electron chi connectivity index (χ2n) is 4.71. The van der Waals surface area contributed by atoms with Gasteiger partial charge in [-0.25, -0.2) is 0 Å². The molecule has 0 spiro atoms. The van der Waals surface area contributed by atoms with Gasteiger partial charge in [0.25, 0.3) is 0 Å². The molecule has 122 valence electrons. The highest BCUT2D eigenvalue weighted by atomic mass is 35.5. The molecule has 2 rings (SSSR count). The fourth-order valence-electron chi connectivity index (χ4n) is 2.38. The van der Waals surface area contributed by atoms with Crippen LogP contribution in [0.2, 0.25) is 0 Å². The molecule has 0 aromatic carbocycles. The van der Waals surface area contributed by atoms with Crippen molar-refractivity contribution in [3.05, 3.63) is 30.1 Å². The lowest BCUT2D eigenvalue weighted by atomic mass is 10.0. The van der Waals surface area contributed by atoms with Gasteiger partial charge in [0, 0.05) is 38.8 Å². The predicted octanol–water partition coefficient (Wildman–Crippen LogP) is 3.21. The van der Waals surface area contributed by atoms with E-state index in [4.69, 9.17) is 0 Å². The van der Waals surface area contributed by atoms with Crippen LogP contribution in [0, 0.1) is 0 Å². The smallest absolute Gasteiger partial charge is 0.314 e. The van der Waals surface area contributed by atoms with Gasteiger partial charge < -0.3 is 5.32 Å². The summed E-state index contributed by atoms with van der Waals surface area (Å²) in [4.78, 5) is 6.31. The zero-order chi connectivity index (χ0) is 13.7. The van der Waals surface area contributed by atoms with Gasteiger partial charge >= 0.3 is 6.18 Å². The number of rotatable bonds is 4. The molecular formula is C13H20Cl2F3N3. The Morgan fingerprint density at radius 2 is 1.86 bits per heavy atom. The summed E-state index contributed by atoms with van der Waals surface area (Å²) in [6.07, 6.45) is -3.17. The van der Waals surface area contributed by atoms with E-state index in [1.807, 2.05) is 12.1 Å². The number of piperazine rings is 1. The first-order valence-corrected chi connectivity index (χ1v) is 6.49. The van der Waals surface area contributed by atoms with Gasteiger partial charge in [-0.05, 0) is 18.6 Å². The third kappa shape index (κ3) is 6.82. The van der Waals surface area contributed by atoms with Crippen molar-refractivity contribution in [2.45, 2.75) is 25.1 Å². The van der Waals surface area contributed by atoms with Gasteiger partial charge in [-0.2, -0.15) is 13.2 Å². The van der Waals surface area contributed by atoms with Gasteiger partial charge in [0.1, 0.15) is 0 Å². The largest absolute Gasteiger partial charge is 0.389 e. The summed E-state index contributed by atoms with van der Waals surface area (Å²) < 4.78 is 37.3. The lowest BCUT2D eigenvalue weighted by molar-refractivity contribution is -0.138. The quantitative estimate of drug-likeness (QED) is 0.908. The second-order valence-corrected chi connectivity index (χ2v) is 4.71. The van der Waals surface area contributed by atoms with E-state index >= 15 is 0 Å². The molecule has 21 heavy (non-hydrogen) atoms. The summed E-state index contributed by atoms with van der Waals surface area (Å²) in [5.41, 5.74) is 0.730. The van der Waals surface area contributed by atoms with Crippen molar-refractivity contribution >= 4 is 24.8 Å². The highest BCUT2D eigenvalue weighted by molar-refractivity contribution is 5.85. The molecule has 1 aliphatic heterocycles. The van der Waals surface area contributed by atoms with Crippen molar-refractivity contribution in [1.29, 1.82) is 0 Å². The van der Waals surface area contributed by atoms with Crippen LogP contribution in [0.5, 0.6) is 0 Å². The Morgan fingerprint density at radius 3 is 2.38 bits per heavy atom. The molecule has 0 unspecified atom stereocenters. The number of pyridine rings is 1. The Hall–Kier alpha value is -0.560. The first-order valence-electron chi connectivity index (χ1n) is 6.49. The molecule has 8 heteroatoms. The number of nitrogens with zero attached hydrogens (tertiary/aromatic N) is 2. The van der Waals surface area contributed by atoms with Crippen molar-refractivity contribution in [3.8, 4) is 0 Å². The van der Waals surface area contributed by atoms with E-state index < -0.39 is 12.6 Å². The molecule has 1 aromatic rings. The lowest BCUT2D eigenvalue weighted by Crippen LogP contribution is -2.45. The lowest BCUT2D eigenvalue weighted by Gasteiger charge is -2.34. The van der Waals surface area contributed by atoms with E-state index in [-0.39, 0.29) is 37.3 Å². The third-order valence-corrected chi connectivity index (χ3v) is 3.32. The van der Waals surface area contributed by atoms with Crippen LogP contribution in [0.4, 0.5) is 13.2 Å². The van der Waals surface area contributed by atoms with Gasteiger partial charge in [-0.1, -0.05) is 6.07 Å². The van der Waals surface area contributed by atoms with E-state index in [0.29, 0.717) is 0 Å². The summed E-state index contributed by atoms with van der Waals surface area (Å²) in [5.74, 6) is 0. The molecule has 0 saturated carbocycles. The normalized spacial score (nSPS) is 17.5. The summed E-state index contributed by atoms with van der Waals surface area (Å²) in [6, 6.07) is 5.17. The molecule has 2 heterocycles. The van der Waals surface area contributed by atoms with Gasteiger partial charge in [0.2, 0.25) is 0 Å². The van der Waals surface area contributed by atoms with Crippen LogP contribution in [-0.2, 0) is 0 Å². The van der Waals surface area contributed by atoms with Crippen LogP contribution in [0.25, 0.3) is 0 Å². The molecule has 1 saturated heterocycles. The SMILES string of the molecule is Cl.Cl.FC(F)(F)CC[C@H](c1ccccn1)N1CCNCC1. The molecule has 0 aliphatic carbocycles. The third-order valence-electron chi connectivity index (χ3n) is 3.32. The Labute approximate surface area is 135 Å².